The molecule has 1 aromatic rings. The second-order valence-corrected chi connectivity index (χ2v) is 10.5. The maximum absolute atomic E-state index is 4.18. The lowest BCUT2D eigenvalue weighted by atomic mass is 9.93. The standard InChI is InChI=1S/C9H19N3Si/c1-9(2,3)7-8(11-12-10-7)13(4,5)6/h1-6H3,(H,10,11,12). The van der Waals surface area contributed by atoms with Gasteiger partial charge in [-0.2, -0.15) is 0 Å². The van der Waals surface area contributed by atoms with E-state index in [2.05, 4.69) is 55.8 Å². The molecule has 0 spiro atoms. The van der Waals surface area contributed by atoms with Gasteiger partial charge in [0, 0.05) is 10.7 Å². The lowest BCUT2D eigenvalue weighted by Gasteiger charge is -2.22. The van der Waals surface area contributed by atoms with Crippen LogP contribution in [0, 0.1) is 0 Å². The van der Waals surface area contributed by atoms with Crippen LogP contribution in [0.15, 0.2) is 0 Å². The third-order valence-corrected chi connectivity index (χ3v) is 3.86. The van der Waals surface area contributed by atoms with Gasteiger partial charge >= 0.3 is 0 Å². The molecule has 3 nitrogen and oxygen atoms in total. The first kappa shape index (κ1) is 10.4. The van der Waals surface area contributed by atoms with Crippen LogP contribution in [0.1, 0.15) is 26.5 Å². The minimum absolute atomic E-state index is 0.0998. The average molecular weight is 197 g/mol. The highest BCUT2D eigenvalue weighted by Crippen LogP contribution is 2.19. The predicted molar refractivity (Wildman–Crippen MR) is 58.1 cm³/mol. The number of hydrogen-bond donors (Lipinski definition) is 1. The van der Waals surface area contributed by atoms with Gasteiger partial charge in [0.2, 0.25) is 0 Å². The van der Waals surface area contributed by atoms with Crippen LogP contribution in [0.3, 0.4) is 0 Å². The maximum atomic E-state index is 4.18. The molecule has 4 heteroatoms. The Kier molecular flexibility index (Phi) is 2.36. The number of aromatic nitrogens is 3. The molecule has 0 amide bonds. The summed E-state index contributed by atoms with van der Waals surface area (Å²) in [4.78, 5) is 0. The van der Waals surface area contributed by atoms with E-state index >= 15 is 0 Å². The Labute approximate surface area is 81.0 Å². The summed E-state index contributed by atoms with van der Waals surface area (Å²) in [5, 5.41) is 12.4. The smallest absolute Gasteiger partial charge is 0.103 e. The molecule has 0 aliphatic heterocycles. The Hall–Kier alpha value is -0.643. The normalized spacial score (nSPS) is 13.4. The van der Waals surface area contributed by atoms with E-state index in [9.17, 15) is 0 Å². The number of aromatic amines is 1. The van der Waals surface area contributed by atoms with Crippen molar-refractivity contribution in [1.82, 2.24) is 15.4 Å². The van der Waals surface area contributed by atoms with Gasteiger partial charge in [-0.25, -0.2) is 0 Å². The molecule has 1 N–H and O–H groups in total. The Morgan fingerprint density at radius 3 is 2.00 bits per heavy atom. The third kappa shape index (κ3) is 2.18. The van der Waals surface area contributed by atoms with E-state index in [0.29, 0.717) is 0 Å². The molecule has 0 radical (unpaired) electrons. The highest BCUT2D eigenvalue weighted by atomic mass is 28.3. The molecule has 0 saturated carbocycles. The van der Waals surface area contributed by atoms with E-state index in [0.717, 1.165) is 5.69 Å². The van der Waals surface area contributed by atoms with Gasteiger partial charge in [0.25, 0.3) is 0 Å². The van der Waals surface area contributed by atoms with Crippen molar-refractivity contribution >= 4 is 13.4 Å². The summed E-state index contributed by atoms with van der Waals surface area (Å²) in [7, 11) is -1.32. The molecule has 0 aliphatic carbocycles. The lowest BCUT2D eigenvalue weighted by Crippen LogP contribution is -2.43. The SMILES string of the molecule is CC(C)(C)c1nn[nH]c1[Si](C)(C)C. The molecule has 13 heavy (non-hydrogen) atoms. The summed E-state index contributed by atoms with van der Waals surface area (Å²) in [6.07, 6.45) is 0. The summed E-state index contributed by atoms with van der Waals surface area (Å²) < 4.78 is 0. The first-order chi connectivity index (χ1) is 5.73. The topological polar surface area (TPSA) is 41.6 Å². The quantitative estimate of drug-likeness (QED) is 0.696. The van der Waals surface area contributed by atoms with Crippen LogP contribution in [-0.4, -0.2) is 23.5 Å². The van der Waals surface area contributed by atoms with Crippen LogP contribution in [0.5, 0.6) is 0 Å². The van der Waals surface area contributed by atoms with Crippen LogP contribution >= 0.6 is 0 Å². The van der Waals surface area contributed by atoms with Crippen LogP contribution in [0.25, 0.3) is 0 Å². The van der Waals surface area contributed by atoms with Crippen molar-refractivity contribution in [3.8, 4) is 0 Å². The molecular formula is C9H19N3Si. The molecular weight excluding hydrogens is 178 g/mol. The van der Waals surface area contributed by atoms with Crippen molar-refractivity contribution in [3.63, 3.8) is 0 Å². The zero-order valence-electron chi connectivity index (χ0n) is 9.39. The molecule has 0 saturated heterocycles. The molecule has 1 rings (SSSR count). The molecule has 1 heterocycles. The van der Waals surface area contributed by atoms with E-state index in [1.165, 1.54) is 5.32 Å². The van der Waals surface area contributed by atoms with Gasteiger partial charge in [-0.15, -0.1) is 5.10 Å². The van der Waals surface area contributed by atoms with E-state index < -0.39 is 8.07 Å². The molecule has 0 aromatic carbocycles. The van der Waals surface area contributed by atoms with Gasteiger partial charge in [-0.05, 0) is 0 Å². The van der Waals surface area contributed by atoms with Crippen LogP contribution in [-0.2, 0) is 5.41 Å². The number of nitrogens with zero attached hydrogens (tertiary/aromatic N) is 2. The number of nitrogens with one attached hydrogen (secondary N) is 1. The summed E-state index contributed by atoms with van der Waals surface area (Å²) in [6.45, 7) is 13.4. The summed E-state index contributed by atoms with van der Waals surface area (Å²) in [5.41, 5.74) is 1.23. The zero-order valence-corrected chi connectivity index (χ0v) is 10.4. The Bertz CT molecular complexity index is 262. The minimum Gasteiger partial charge on any atom is -0.266 e. The zero-order chi connectivity index (χ0) is 10.3. The first-order valence-corrected chi connectivity index (χ1v) is 8.15. The third-order valence-electron chi connectivity index (χ3n) is 2.01. The predicted octanol–water partition coefficient (Wildman–Crippen LogP) is 1.65. The highest BCUT2D eigenvalue weighted by molar-refractivity contribution is 6.88. The molecule has 1 aromatic heterocycles. The van der Waals surface area contributed by atoms with Crippen molar-refractivity contribution in [2.45, 2.75) is 45.8 Å². The minimum atomic E-state index is -1.32. The van der Waals surface area contributed by atoms with Gasteiger partial charge in [0.15, 0.2) is 0 Å². The summed E-state index contributed by atoms with van der Waals surface area (Å²) >= 11 is 0. The van der Waals surface area contributed by atoms with Crippen LogP contribution in [0.4, 0.5) is 0 Å². The van der Waals surface area contributed by atoms with E-state index in [1.54, 1.807) is 0 Å². The fourth-order valence-corrected chi connectivity index (χ4v) is 2.80. The van der Waals surface area contributed by atoms with Crippen LogP contribution in [0.2, 0.25) is 19.6 Å². The molecule has 0 atom stereocenters. The second-order valence-electron chi connectivity index (χ2n) is 5.54. The average Bonchev–Trinajstić information content (AvgIpc) is 2.27. The van der Waals surface area contributed by atoms with Crippen molar-refractivity contribution in [2.75, 3.05) is 0 Å². The van der Waals surface area contributed by atoms with Gasteiger partial charge in [0.05, 0.1) is 5.69 Å². The van der Waals surface area contributed by atoms with Gasteiger partial charge in [-0.3, -0.25) is 5.10 Å². The Balaban J connectivity index is 3.19. The van der Waals surface area contributed by atoms with Gasteiger partial charge < -0.3 is 0 Å². The number of hydrogen-bond acceptors (Lipinski definition) is 2. The maximum Gasteiger partial charge on any atom is 0.103 e. The fourth-order valence-electron chi connectivity index (χ4n) is 1.28. The first-order valence-electron chi connectivity index (χ1n) is 4.65. The highest BCUT2D eigenvalue weighted by Gasteiger charge is 2.29. The molecule has 0 aliphatic rings. The van der Waals surface area contributed by atoms with Crippen molar-refractivity contribution in [1.29, 1.82) is 0 Å². The van der Waals surface area contributed by atoms with E-state index in [-0.39, 0.29) is 5.41 Å². The van der Waals surface area contributed by atoms with Crippen molar-refractivity contribution < 1.29 is 0 Å². The monoisotopic (exact) mass is 197 g/mol. The Morgan fingerprint density at radius 2 is 1.69 bits per heavy atom. The molecule has 74 valence electrons. The van der Waals surface area contributed by atoms with Crippen LogP contribution < -0.4 is 5.32 Å². The van der Waals surface area contributed by atoms with E-state index in [4.69, 9.17) is 0 Å². The Morgan fingerprint density at radius 1 is 1.15 bits per heavy atom. The molecule has 0 bridgehead atoms. The van der Waals surface area contributed by atoms with Crippen molar-refractivity contribution in [2.24, 2.45) is 0 Å². The number of rotatable bonds is 1. The van der Waals surface area contributed by atoms with E-state index in [1.807, 2.05) is 0 Å². The van der Waals surface area contributed by atoms with Gasteiger partial charge in [0.1, 0.15) is 8.07 Å². The van der Waals surface area contributed by atoms with Crippen molar-refractivity contribution in [3.05, 3.63) is 5.69 Å². The summed E-state index contributed by atoms with van der Waals surface area (Å²) in [5.74, 6) is 0. The fraction of sp³-hybridized carbons (Fsp3) is 0.778. The lowest BCUT2D eigenvalue weighted by molar-refractivity contribution is 0.569. The number of H-pyrrole nitrogens is 1. The molecule has 0 fully saturated rings. The second kappa shape index (κ2) is 2.94. The molecule has 0 unspecified atom stereocenters. The largest absolute Gasteiger partial charge is 0.266 e. The summed E-state index contributed by atoms with van der Waals surface area (Å²) in [6, 6.07) is 0. The van der Waals surface area contributed by atoms with Gasteiger partial charge in [-0.1, -0.05) is 45.6 Å².